The van der Waals surface area contributed by atoms with Gasteiger partial charge in [-0.1, -0.05) is 30.3 Å². The molecule has 5 nitrogen and oxygen atoms in total. The summed E-state index contributed by atoms with van der Waals surface area (Å²) in [7, 11) is 0. The molecule has 4 N–H and O–H groups in total. The lowest BCUT2D eigenvalue weighted by Crippen LogP contribution is -2.42. The third-order valence-corrected chi connectivity index (χ3v) is 1.78. The van der Waals surface area contributed by atoms with Gasteiger partial charge in [0.25, 0.3) is 0 Å². The minimum Gasteiger partial charge on any atom is -0.351 e. The summed E-state index contributed by atoms with van der Waals surface area (Å²) >= 11 is 0. The first-order valence-electron chi connectivity index (χ1n) is 4.56. The number of amides is 4. The molecule has 0 heterocycles. The first-order valence-corrected chi connectivity index (χ1v) is 4.56. The smallest absolute Gasteiger partial charge is 0.322 e. The zero-order valence-electron chi connectivity index (χ0n) is 8.19. The summed E-state index contributed by atoms with van der Waals surface area (Å²) in [4.78, 5) is 21.2. The highest BCUT2D eigenvalue weighted by Crippen LogP contribution is 1.97. The molecule has 1 aromatic carbocycles. The maximum Gasteiger partial charge on any atom is 0.322 e. The molecule has 0 spiro atoms. The number of primary amides is 1. The first-order chi connectivity index (χ1) is 7.18. The third kappa shape index (κ3) is 4.66. The Morgan fingerprint density at radius 1 is 1.20 bits per heavy atom. The highest BCUT2D eigenvalue weighted by Gasteiger charge is 2.01. The zero-order valence-corrected chi connectivity index (χ0v) is 8.19. The molecule has 0 saturated carbocycles. The van der Waals surface area contributed by atoms with Crippen molar-refractivity contribution >= 4 is 12.1 Å². The molecule has 0 aliphatic heterocycles. The lowest BCUT2D eigenvalue weighted by atomic mass is 10.1. The fourth-order valence-corrected chi connectivity index (χ4v) is 1.12. The lowest BCUT2D eigenvalue weighted by Gasteiger charge is -2.04. The van der Waals surface area contributed by atoms with Gasteiger partial charge in [-0.15, -0.1) is 0 Å². The fraction of sp³-hybridized carbons (Fsp3) is 0.200. The normalized spacial score (nSPS) is 9.33. The number of nitrogens with one attached hydrogen (secondary N) is 2. The van der Waals surface area contributed by atoms with Crippen molar-refractivity contribution in [2.45, 2.75) is 6.42 Å². The van der Waals surface area contributed by atoms with Crippen molar-refractivity contribution in [2.24, 2.45) is 5.73 Å². The highest BCUT2D eigenvalue weighted by molar-refractivity contribution is 5.92. The predicted octanol–water partition coefficient (Wildman–Crippen LogP) is 0.607. The van der Waals surface area contributed by atoms with Crippen molar-refractivity contribution in [1.29, 1.82) is 0 Å². The Kier molecular flexibility index (Phi) is 4.15. The van der Waals surface area contributed by atoms with E-state index in [-0.39, 0.29) is 0 Å². The van der Waals surface area contributed by atoms with Gasteiger partial charge in [0.15, 0.2) is 0 Å². The maximum atomic E-state index is 10.9. The quantitative estimate of drug-likeness (QED) is 0.678. The first kappa shape index (κ1) is 11.0. The van der Waals surface area contributed by atoms with Crippen LogP contribution in [0.2, 0.25) is 0 Å². The van der Waals surface area contributed by atoms with Crippen LogP contribution < -0.4 is 16.4 Å². The third-order valence-electron chi connectivity index (χ3n) is 1.78. The molecule has 4 amide bonds. The molecular formula is C10H13N3O2. The average Bonchev–Trinajstić information content (AvgIpc) is 2.18. The highest BCUT2D eigenvalue weighted by atomic mass is 16.2. The Hall–Kier alpha value is -2.04. The van der Waals surface area contributed by atoms with Crippen LogP contribution in [0.5, 0.6) is 0 Å². The molecule has 0 fully saturated rings. The van der Waals surface area contributed by atoms with Crippen molar-refractivity contribution in [3.05, 3.63) is 35.9 Å². The summed E-state index contributed by atoms with van der Waals surface area (Å²) in [6, 6.07) is 8.29. The van der Waals surface area contributed by atoms with Crippen LogP contribution in [-0.2, 0) is 6.42 Å². The number of rotatable bonds is 3. The Labute approximate surface area is 87.7 Å². The van der Waals surface area contributed by atoms with E-state index in [1.807, 2.05) is 35.6 Å². The van der Waals surface area contributed by atoms with Gasteiger partial charge < -0.3 is 11.1 Å². The van der Waals surface area contributed by atoms with Crippen LogP contribution in [0, 0.1) is 0 Å². The van der Waals surface area contributed by atoms with Crippen LogP contribution in [0.25, 0.3) is 0 Å². The van der Waals surface area contributed by atoms with Crippen molar-refractivity contribution < 1.29 is 9.59 Å². The summed E-state index contributed by atoms with van der Waals surface area (Å²) in [5.41, 5.74) is 5.89. The van der Waals surface area contributed by atoms with Crippen molar-refractivity contribution in [2.75, 3.05) is 6.54 Å². The second-order valence-corrected chi connectivity index (χ2v) is 2.98. The number of carbonyl (C=O) groups is 2. The number of hydrogen-bond acceptors (Lipinski definition) is 2. The minimum atomic E-state index is -0.854. The number of carbonyl (C=O) groups excluding carboxylic acids is 2. The van der Waals surface area contributed by atoms with Gasteiger partial charge in [0.2, 0.25) is 0 Å². The zero-order chi connectivity index (χ0) is 11.1. The molecule has 5 heteroatoms. The van der Waals surface area contributed by atoms with Crippen LogP contribution >= 0.6 is 0 Å². The van der Waals surface area contributed by atoms with E-state index in [9.17, 15) is 9.59 Å². The van der Waals surface area contributed by atoms with E-state index in [2.05, 4.69) is 5.32 Å². The summed E-state index contributed by atoms with van der Waals surface area (Å²) in [5.74, 6) is 0. The van der Waals surface area contributed by atoms with Gasteiger partial charge in [-0.05, 0) is 12.0 Å². The van der Waals surface area contributed by atoms with E-state index in [0.29, 0.717) is 13.0 Å². The van der Waals surface area contributed by atoms with Crippen molar-refractivity contribution in [1.82, 2.24) is 10.6 Å². The monoisotopic (exact) mass is 207 g/mol. The number of nitrogens with two attached hydrogens (primary N) is 1. The number of benzene rings is 1. The number of hydrogen-bond donors (Lipinski definition) is 3. The number of imide groups is 1. The van der Waals surface area contributed by atoms with E-state index in [1.165, 1.54) is 0 Å². The molecule has 0 aromatic heterocycles. The van der Waals surface area contributed by atoms with Gasteiger partial charge in [-0.3, -0.25) is 5.32 Å². The van der Waals surface area contributed by atoms with Crippen molar-refractivity contribution in [3.8, 4) is 0 Å². The van der Waals surface area contributed by atoms with E-state index < -0.39 is 12.1 Å². The minimum absolute atomic E-state index is 0.461. The molecule has 0 radical (unpaired) electrons. The van der Waals surface area contributed by atoms with Gasteiger partial charge in [-0.25, -0.2) is 9.59 Å². The second-order valence-electron chi connectivity index (χ2n) is 2.98. The summed E-state index contributed by atoms with van der Waals surface area (Å²) in [6.07, 6.45) is 0.715. The van der Waals surface area contributed by atoms with E-state index in [1.54, 1.807) is 0 Å². The van der Waals surface area contributed by atoms with Gasteiger partial charge in [-0.2, -0.15) is 0 Å². The van der Waals surface area contributed by atoms with Crippen LogP contribution in [0.3, 0.4) is 0 Å². The standard InChI is InChI=1S/C10H13N3O2/c11-9(14)13-10(15)12-7-6-8-4-2-1-3-5-8/h1-5H,6-7H2,(H4,11,12,13,14,15). The van der Waals surface area contributed by atoms with Crippen LogP contribution in [0.15, 0.2) is 30.3 Å². The molecule has 0 aliphatic carbocycles. The van der Waals surface area contributed by atoms with Gasteiger partial charge >= 0.3 is 12.1 Å². The predicted molar refractivity (Wildman–Crippen MR) is 56.3 cm³/mol. The maximum absolute atomic E-state index is 10.9. The Balaban J connectivity index is 2.22. The Morgan fingerprint density at radius 2 is 1.87 bits per heavy atom. The van der Waals surface area contributed by atoms with E-state index >= 15 is 0 Å². The molecule has 80 valence electrons. The summed E-state index contributed by atoms with van der Waals surface area (Å²) in [6.45, 7) is 0.461. The largest absolute Gasteiger partial charge is 0.351 e. The SMILES string of the molecule is NC(=O)NC(=O)NCCc1ccccc1. The Bertz CT molecular complexity index is 338. The molecule has 15 heavy (non-hydrogen) atoms. The molecule has 0 bridgehead atoms. The molecule has 0 unspecified atom stereocenters. The lowest BCUT2D eigenvalue weighted by molar-refractivity contribution is 0.231. The average molecular weight is 207 g/mol. The molecule has 0 saturated heterocycles. The molecule has 0 atom stereocenters. The van der Waals surface area contributed by atoms with Gasteiger partial charge in [0.1, 0.15) is 0 Å². The Morgan fingerprint density at radius 3 is 2.47 bits per heavy atom. The number of urea groups is 2. The van der Waals surface area contributed by atoms with Gasteiger partial charge in [0, 0.05) is 6.54 Å². The molecule has 1 rings (SSSR count). The van der Waals surface area contributed by atoms with Crippen molar-refractivity contribution in [3.63, 3.8) is 0 Å². The van der Waals surface area contributed by atoms with E-state index in [0.717, 1.165) is 5.56 Å². The molecular weight excluding hydrogens is 194 g/mol. The van der Waals surface area contributed by atoms with E-state index in [4.69, 9.17) is 5.73 Å². The molecule has 1 aromatic rings. The fourth-order valence-electron chi connectivity index (χ4n) is 1.12. The second kappa shape index (κ2) is 5.64. The van der Waals surface area contributed by atoms with Crippen LogP contribution in [0.4, 0.5) is 9.59 Å². The van der Waals surface area contributed by atoms with Gasteiger partial charge in [0.05, 0.1) is 0 Å². The topological polar surface area (TPSA) is 84.2 Å². The molecule has 0 aliphatic rings. The summed E-state index contributed by atoms with van der Waals surface area (Å²) in [5, 5.41) is 4.43. The summed E-state index contributed by atoms with van der Waals surface area (Å²) < 4.78 is 0. The van der Waals surface area contributed by atoms with Crippen LogP contribution in [0.1, 0.15) is 5.56 Å². The van der Waals surface area contributed by atoms with Crippen LogP contribution in [-0.4, -0.2) is 18.6 Å².